The highest BCUT2D eigenvalue weighted by molar-refractivity contribution is 7.15. The van der Waals surface area contributed by atoms with E-state index in [0.717, 1.165) is 10.7 Å². The Hall–Kier alpha value is -1.89. The Morgan fingerprint density at radius 1 is 1.53 bits per heavy atom. The van der Waals surface area contributed by atoms with Crippen LogP contribution in [0, 0.1) is 0 Å². The number of thiazole rings is 1. The Morgan fingerprint density at radius 2 is 2.37 bits per heavy atom. The van der Waals surface area contributed by atoms with Gasteiger partial charge in [-0.3, -0.25) is 14.0 Å². The maximum Gasteiger partial charge on any atom is 0.242 e. The fourth-order valence-corrected chi connectivity index (χ4v) is 2.96. The number of carbonyl (C=O) groups excluding carboxylic acids is 2. The van der Waals surface area contributed by atoms with Crippen molar-refractivity contribution in [2.75, 3.05) is 6.54 Å². The molecule has 0 aliphatic carbocycles. The van der Waals surface area contributed by atoms with E-state index in [9.17, 15) is 9.59 Å². The minimum absolute atomic E-state index is 0.0605. The Balaban J connectivity index is 1.82. The molecule has 2 aromatic heterocycles. The van der Waals surface area contributed by atoms with Gasteiger partial charge in [0.15, 0.2) is 4.96 Å². The third-order valence-electron chi connectivity index (χ3n) is 3.25. The number of fused-ring (bicyclic) bond motifs is 1. The van der Waals surface area contributed by atoms with Crippen LogP contribution in [0.2, 0.25) is 0 Å². The highest BCUT2D eigenvalue weighted by atomic mass is 32.1. The van der Waals surface area contributed by atoms with Gasteiger partial charge in [-0.25, -0.2) is 4.98 Å². The quantitative estimate of drug-likeness (QED) is 0.876. The van der Waals surface area contributed by atoms with Crippen molar-refractivity contribution in [1.82, 2.24) is 19.6 Å². The summed E-state index contributed by atoms with van der Waals surface area (Å²) in [4.78, 5) is 30.5. The van der Waals surface area contributed by atoms with Gasteiger partial charge < -0.3 is 10.2 Å². The van der Waals surface area contributed by atoms with Gasteiger partial charge in [-0.1, -0.05) is 0 Å². The van der Waals surface area contributed by atoms with E-state index in [1.165, 1.54) is 0 Å². The topological polar surface area (TPSA) is 66.7 Å². The number of nitrogens with one attached hydrogen (secondary N) is 1. The van der Waals surface area contributed by atoms with Crippen molar-refractivity contribution in [2.45, 2.75) is 25.9 Å². The van der Waals surface area contributed by atoms with E-state index >= 15 is 0 Å². The summed E-state index contributed by atoms with van der Waals surface area (Å²) >= 11 is 1.56. The number of carbonyl (C=O) groups is 2. The van der Waals surface area contributed by atoms with E-state index in [-0.39, 0.29) is 24.4 Å². The average Bonchev–Trinajstić information content (AvgIpc) is 2.90. The van der Waals surface area contributed by atoms with Crippen molar-refractivity contribution >= 4 is 28.1 Å². The van der Waals surface area contributed by atoms with Crippen molar-refractivity contribution in [3.63, 3.8) is 0 Å². The fraction of sp³-hybridized carbons (Fsp3) is 0.417. The van der Waals surface area contributed by atoms with Gasteiger partial charge in [-0.15, -0.1) is 11.3 Å². The van der Waals surface area contributed by atoms with Crippen LogP contribution < -0.4 is 5.32 Å². The largest absolute Gasteiger partial charge is 0.347 e. The number of imidazole rings is 1. The molecule has 2 amide bonds. The molecule has 0 bridgehead atoms. The molecule has 0 aromatic carbocycles. The first kappa shape index (κ1) is 12.2. The normalized spacial score (nSPS) is 20.7. The van der Waals surface area contributed by atoms with E-state index in [1.54, 1.807) is 16.2 Å². The minimum Gasteiger partial charge on any atom is -0.347 e. The second kappa shape index (κ2) is 4.65. The summed E-state index contributed by atoms with van der Waals surface area (Å²) in [6.07, 6.45) is 4.20. The molecule has 1 aliphatic rings. The standard InChI is InChI=1S/C12H14N4O2S/c1-8-4-10(17)13-5-11(18)16(8)7-9-6-15-2-3-19-12(15)14-9/h2-3,6,8H,4-5,7H2,1H3,(H,13,17). The van der Waals surface area contributed by atoms with Gasteiger partial charge in [0.05, 0.1) is 18.8 Å². The van der Waals surface area contributed by atoms with E-state index in [1.807, 2.05) is 29.1 Å². The van der Waals surface area contributed by atoms with Crippen LogP contribution in [0.5, 0.6) is 0 Å². The second-order valence-electron chi connectivity index (χ2n) is 4.68. The Kier molecular flexibility index (Phi) is 2.98. The zero-order chi connectivity index (χ0) is 13.4. The average molecular weight is 278 g/mol. The lowest BCUT2D eigenvalue weighted by Gasteiger charge is -2.25. The predicted molar refractivity (Wildman–Crippen MR) is 70.7 cm³/mol. The van der Waals surface area contributed by atoms with Gasteiger partial charge in [0, 0.05) is 30.2 Å². The molecule has 1 N–H and O–H groups in total. The van der Waals surface area contributed by atoms with Crippen LogP contribution >= 0.6 is 11.3 Å². The first-order valence-electron chi connectivity index (χ1n) is 6.11. The van der Waals surface area contributed by atoms with Gasteiger partial charge in [0.25, 0.3) is 0 Å². The van der Waals surface area contributed by atoms with Gasteiger partial charge in [-0.05, 0) is 6.92 Å². The molecule has 19 heavy (non-hydrogen) atoms. The van der Waals surface area contributed by atoms with E-state index < -0.39 is 0 Å². The molecule has 1 atom stereocenters. The summed E-state index contributed by atoms with van der Waals surface area (Å²) in [5.41, 5.74) is 0.849. The van der Waals surface area contributed by atoms with Gasteiger partial charge in [0.2, 0.25) is 11.8 Å². The molecule has 0 spiro atoms. The fourth-order valence-electron chi connectivity index (χ4n) is 2.24. The summed E-state index contributed by atoms with van der Waals surface area (Å²) in [7, 11) is 0. The lowest BCUT2D eigenvalue weighted by molar-refractivity contribution is -0.132. The SMILES string of the molecule is CC1CC(=O)NCC(=O)N1Cc1cn2ccsc2n1. The summed E-state index contributed by atoms with van der Waals surface area (Å²) in [6.45, 7) is 2.41. The number of aromatic nitrogens is 2. The zero-order valence-corrected chi connectivity index (χ0v) is 11.3. The lowest BCUT2D eigenvalue weighted by Crippen LogP contribution is -2.39. The molecule has 6 nitrogen and oxygen atoms in total. The summed E-state index contributed by atoms with van der Waals surface area (Å²) in [5, 5.41) is 4.58. The number of amides is 2. The highest BCUT2D eigenvalue weighted by Crippen LogP contribution is 2.16. The van der Waals surface area contributed by atoms with Gasteiger partial charge in [-0.2, -0.15) is 0 Å². The Bertz CT molecular complexity index is 604. The minimum atomic E-state index is -0.102. The first-order valence-corrected chi connectivity index (χ1v) is 6.98. The molecule has 0 saturated carbocycles. The van der Waals surface area contributed by atoms with Crippen LogP contribution in [0.15, 0.2) is 17.8 Å². The van der Waals surface area contributed by atoms with Crippen molar-refractivity contribution in [1.29, 1.82) is 0 Å². The molecule has 3 heterocycles. The predicted octanol–water partition coefficient (Wildman–Crippen LogP) is 0.633. The molecule has 0 radical (unpaired) electrons. The van der Waals surface area contributed by atoms with Crippen molar-refractivity contribution < 1.29 is 9.59 Å². The van der Waals surface area contributed by atoms with E-state index in [2.05, 4.69) is 10.3 Å². The van der Waals surface area contributed by atoms with Crippen LogP contribution in [0.3, 0.4) is 0 Å². The lowest BCUT2D eigenvalue weighted by atomic mass is 10.2. The first-order chi connectivity index (χ1) is 9.13. The third kappa shape index (κ3) is 2.33. The second-order valence-corrected chi connectivity index (χ2v) is 5.55. The molecule has 3 rings (SSSR count). The van der Waals surface area contributed by atoms with Gasteiger partial charge in [0.1, 0.15) is 0 Å². The van der Waals surface area contributed by atoms with Gasteiger partial charge >= 0.3 is 0 Å². The monoisotopic (exact) mass is 278 g/mol. The molecule has 1 aliphatic heterocycles. The number of hydrogen-bond acceptors (Lipinski definition) is 4. The number of nitrogens with zero attached hydrogens (tertiary/aromatic N) is 3. The van der Waals surface area contributed by atoms with Crippen LogP contribution in [0.25, 0.3) is 4.96 Å². The van der Waals surface area contributed by atoms with Crippen molar-refractivity contribution in [3.05, 3.63) is 23.5 Å². The van der Waals surface area contributed by atoms with Crippen LogP contribution in [0.4, 0.5) is 0 Å². The Labute approximate surface area is 114 Å². The molecule has 100 valence electrons. The van der Waals surface area contributed by atoms with Crippen LogP contribution in [0.1, 0.15) is 19.0 Å². The zero-order valence-electron chi connectivity index (χ0n) is 10.5. The van der Waals surface area contributed by atoms with Crippen LogP contribution in [-0.4, -0.2) is 38.7 Å². The number of hydrogen-bond donors (Lipinski definition) is 1. The third-order valence-corrected chi connectivity index (χ3v) is 4.02. The summed E-state index contributed by atoms with van der Waals surface area (Å²) in [5.74, 6) is -0.135. The summed E-state index contributed by atoms with van der Waals surface area (Å²) < 4.78 is 1.94. The molecule has 7 heteroatoms. The molecule has 1 unspecified atom stereocenters. The smallest absolute Gasteiger partial charge is 0.242 e. The van der Waals surface area contributed by atoms with Crippen molar-refractivity contribution in [3.8, 4) is 0 Å². The summed E-state index contributed by atoms with van der Waals surface area (Å²) in [6, 6.07) is -0.102. The Morgan fingerprint density at radius 3 is 3.16 bits per heavy atom. The molecule has 1 fully saturated rings. The molecular formula is C12H14N4O2S. The van der Waals surface area contributed by atoms with Crippen molar-refractivity contribution in [2.24, 2.45) is 0 Å². The van der Waals surface area contributed by atoms with Crippen LogP contribution in [-0.2, 0) is 16.1 Å². The molecule has 2 aromatic rings. The highest BCUT2D eigenvalue weighted by Gasteiger charge is 2.27. The number of rotatable bonds is 2. The molecular weight excluding hydrogens is 264 g/mol. The maximum absolute atomic E-state index is 12.0. The van der Waals surface area contributed by atoms with E-state index in [0.29, 0.717) is 13.0 Å². The van der Waals surface area contributed by atoms with E-state index in [4.69, 9.17) is 0 Å². The molecule has 1 saturated heterocycles. The maximum atomic E-state index is 12.0.